The molecule has 3 nitrogen and oxygen atoms in total. The Hall–Kier alpha value is 0.610. The highest BCUT2D eigenvalue weighted by Gasteiger charge is 2.32. The molecule has 0 spiro atoms. The van der Waals surface area contributed by atoms with E-state index in [1.165, 1.54) is 43.2 Å². The lowest BCUT2D eigenvalue weighted by Crippen LogP contribution is -2.60. The van der Waals surface area contributed by atoms with Crippen LogP contribution in [0.4, 0.5) is 0 Å². The van der Waals surface area contributed by atoms with Gasteiger partial charge in [-0.25, -0.2) is 0 Å². The second kappa shape index (κ2) is 12.2. The van der Waals surface area contributed by atoms with E-state index in [9.17, 15) is 0 Å². The summed E-state index contributed by atoms with van der Waals surface area (Å²) in [5.41, 5.74) is 1.28. The predicted molar refractivity (Wildman–Crippen MR) is 121 cm³/mol. The van der Waals surface area contributed by atoms with Crippen LogP contribution in [0, 0.1) is 0 Å². The molecule has 2 aliphatic heterocycles. The number of nitrogens with one attached hydrogen (secondary N) is 1. The molecule has 1 aromatic rings. The van der Waals surface area contributed by atoms with Crippen LogP contribution in [0.15, 0.2) is 18.2 Å². The molecule has 2 heterocycles. The molecule has 1 N–H and O–H groups in total. The molecule has 3 rings (SSSR count). The summed E-state index contributed by atoms with van der Waals surface area (Å²) in [5, 5.41) is 4.60. The van der Waals surface area contributed by atoms with Gasteiger partial charge in [-0.1, -0.05) is 29.3 Å². The second-order valence-electron chi connectivity index (χ2n) is 6.78. The Bertz CT molecular complexity index is 537. The molecule has 0 aliphatic carbocycles. The number of likely N-dealkylation sites (N-methyl/N-ethyl adjacent to an activating group) is 1. The van der Waals surface area contributed by atoms with Crippen molar-refractivity contribution < 1.29 is 0 Å². The summed E-state index contributed by atoms with van der Waals surface area (Å²) in [6.45, 7) is 7.14. The van der Waals surface area contributed by atoms with Gasteiger partial charge in [-0.05, 0) is 43.6 Å². The Kier molecular flexibility index (Phi) is 11.6. The van der Waals surface area contributed by atoms with E-state index >= 15 is 0 Å². The lowest BCUT2D eigenvalue weighted by molar-refractivity contribution is 0.0379. The van der Waals surface area contributed by atoms with Gasteiger partial charge in [-0.2, -0.15) is 11.8 Å². The Balaban J connectivity index is 0.00000169. The lowest BCUT2D eigenvalue weighted by Gasteiger charge is -2.47. The number of halogens is 4. The molecular weight excluding hydrogens is 432 g/mol. The first-order valence-electron chi connectivity index (χ1n) is 8.81. The van der Waals surface area contributed by atoms with E-state index < -0.39 is 0 Å². The van der Waals surface area contributed by atoms with Crippen LogP contribution in [0.25, 0.3) is 0 Å². The predicted octanol–water partition coefficient (Wildman–Crippen LogP) is 4.26. The van der Waals surface area contributed by atoms with Crippen LogP contribution in [0.5, 0.6) is 0 Å². The summed E-state index contributed by atoms with van der Waals surface area (Å²) in [5.74, 6) is 3.09. The number of rotatable bonds is 7. The number of likely N-dealkylation sites (tertiary alicyclic amines) is 1. The van der Waals surface area contributed by atoms with Crippen LogP contribution in [0.3, 0.4) is 0 Å². The topological polar surface area (TPSA) is 18.5 Å². The van der Waals surface area contributed by atoms with Gasteiger partial charge in [0.15, 0.2) is 0 Å². The average molecular weight is 461 g/mol. The van der Waals surface area contributed by atoms with Gasteiger partial charge >= 0.3 is 0 Å². The van der Waals surface area contributed by atoms with Crippen LogP contribution in [0.1, 0.15) is 17.9 Å². The van der Waals surface area contributed by atoms with Crippen LogP contribution in [-0.4, -0.2) is 73.7 Å². The first-order chi connectivity index (χ1) is 11.7. The van der Waals surface area contributed by atoms with Crippen molar-refractivity contribution in [2.24, 2.45) is 0 Å². The molecule has 150 valence electrons. The maximum absolute atomic E-state index is 6.19. The third kappa shape index (κ3) is 6.59. The molecule has 1 atom stereocenters. The second-order valence-corrected chi connectivity index (χ2v) is 8.82. The van der Waals surface area contributed by atoms with Crippen LogP contribution >= 0.6 is 59.8 Å². The molecule has 0 bridgehead atoms. The smallest absolute Gasteiger partial charge is 0.0595 e. The number of hydrogen-bond acceptors (Lipinski definition) is 4. The minimum Gasteiger partial charge on any atom is -0.319 e. The molecule has 0 amide bonds. The molecule has 0 unspecified atom stereocenters. The molecule has 8 heteroatoms. The molecule has 0 radical (unpaired) electrons. The van der Waals surface area contributed by atoms with E-state index in [2.05, 4.69) is 32.9 Å². The molecule has 2 aliphatic rings. The number of nitrogens with zero attached hydrogens (tertiary/aromatic N) is 2. The zero-order chi connectivity index (χ0) is 16.9. The maximum atomic E-state index is 6.19. The molecule has 2 saturated heterocycles. The zero-order valence-electron chi connectivity index (χ0n) is 15.1. The molecule has 1 aromatic carbocycles. The van der Waals surface area contributed by atoms with Gasteiger partial charge in [0.25, 0.3) is 0 Å². The fourth-order valence-electron chi connectivity index (χ4n) is 3.64. The standard InChI is InChI=1S/C18H27Cl2N3S.2ClH/c1-21-11-15(14-2-3-17(19)18(20)10-14)4-5-22-12-16(13-22)23-6-8-24-9-7-23;;/h2-3,10,15-16,21H,4-9,11-13H2,1H3;2*1H/t15-;;/m1../s1. The SMILES string of the molecule is CNC[C@@H](CCN1CC(N2CCSCC2)C1)c1ccc(Cl)c(Cl)c1.Cl.Cl. The van der Waals surface area contributed by atoms with Gasteiger partial charge < -0.3 is 10.2 Å². The van der Waals surface area contributed by atoms with E-state index in [-0.39, 0.29) is 24.8 Å². The first-order valence-corrected chi connectivity index (χ1v) is 10.7. The summed E-state index contributed by atoms with van der Waals surface area (Å²) >= 11 is 14.3. The van der Waals surface area contributed by atoms with E-state index in [1.807, 2.05) is 19.2 Å². The van der Waals surface area contributed by atoms with Gasteiger partial charge in [0.2, 0.25) is 0 Å². The van der Waals surface area contributed by atoms with Gasteiger partial charge in [0.05, 0.1) is 10.0 Å². The van der Waals surface area contributed by atoms with Crippen molar-refractivity contribution in [1.82, 2.24) is 15.1 Å². The van der Waals surface area contributed by atoms with Crippen molar-refractivity contribution in [3.8, 4) is 0 Å². The van der Waals surface area contributed by atoms with Crippen molar-refractivity contribution >= 4 is 59.8 Å². The molecule has 2 fully saturated rings. The van der Waals surface area contributed by atoms with E-state index in [0.717, 1.165) is 25.6 Å². The number of benzene rings is 1. The van der Waals surface area contributed by atoms with Crippen LogP contribution in [-0.2, 0) is 0 Å². The Morgan fingerprint density at radius 1 is 1.15 bits per heavy atom. The Morgan fingerprint density at radius 2 is 1.85 bits per heavy atom. The van der Waals surface area contributed by atoms with Gasteiger partial charge in [-0.3, -0.25) is 4.90 Å². The van der Waals surface area contributed by atoms with Crippen molar-refractivity contribution in [2.45, 2.75) is 18.4 Å². The highest BCUT2D eigenvalue weighted by atomic mass is 35.5. The van der Waals surface area contributed by atoms with Gasteiger partial charge in [-0.15, -0.1) is 24.8 Å². The van der Waals surface area contributed by atoms with Gasteiger partial charge in [0, 0.05) is 50.3 Å². The number of thioether (sulfide) groups is 1. The molecule has 0 saturated carbocycles. The Morgan fingerprint density at radius 3 is 2.46 bits per heavy atom. The highest BCUT2D eigenvalue weighted by Crippen LogP contribution is 2.29. The quantitative estimate of drug-likeness (QED) is 0.654. The summed E-state index contributed by atoms with van der Waals surface area (Å²) in [4.78, 5) is 5.27. The summed E-state index contributed by atoms with van der Waals surface area (Å²) in [6.07, 6.45) is 1.15. The lowest BCUT2D eigenvalue weighted by atomic mass is 9.94. The fourth-order valence-corrected chi connectivity index (χ4v) is 4.87. The van der Waals surface area contributed by atoms with Crippen molar-refractivity contribution in [1.29, 1.82) is 0 Å². The highest BCUT2D eigenvalue weighted by molar-refractivity contribution is 7.99. The Labute approximate surface area is 184 Å². The fraction of sp³-hybridized carbons (Fsp3) is 0.667. The molecule has 0 aromatic heterocycles. The first kappa shape index (κ1) is 24.6. The van der Waals surface area contributed by atoms with Crippen molar-refractivity contribution in [2.75, 3.05) is 57.8 Å². The number of hydrogen-bond donors (Lipinski definition) is 1. The van der Waals surface area contributed by atoms with Crippen molar-refractivity contribution in [3.63, 3.8) is 0 Å². The molecule has 26 heavy (non-hydrogen) atoms. The maximum Gasteiger partial charge on any atom is 0.0595 e. The minimum absolute atomic E-state index is 0. The normalized spacial score (nSPS) is 20.0. The van der Waals surface area contributed by atoms with Crippen LogP contribution < -0.4 is 5.32 Å². The summed E-state index contributed by atoms with van der Waals surface area (Å²) in [6, 6.07) is 6.84. The summed E-state index contributed by atoms with van der Waals surface area (Å²) in [7, 11) is 2.01. The van der Waals surface area contributed by atoms with Crippen LogP contribution in [0.2, 0.25) is 10.0 Å². The zero-order valence-corrected chi connectivity index (χ0v) is 19.1. The third-order valence-electron chi connectivity index (χ3n) is 5.16. The van der Waals surface area contributed by atoms with E-state index in [1.54, 1.807) is 0 Å². The molecular formula is C18H29Cl4N3S. The van der Waals surface area contributed by atoms with E-state index in [0.29, 0.717) is 16.0 Å². The van der Waals surface area contributed by atoms with E-state index in [4.69, 9.17) is 23.2 Å². The largest absolute Gasteiger partial charge is 0.319 e. The van der Waals surface area contributed by atoms with Gasteiger partial charge in [0.1, 0.15) is 0 Å². The minimum atomic E-state index is 0. The third-order valence-corrected chi connectivity index (χ3v) is 6.84. The average Bonchev–Trinajstić information content (AvgIpc) is 2.56. The monoisotopic (exact) mass is 459 g/mol. The summed E-state index contributed by atoms with van der Waals surface area (Å²) < 4.78 is 0. The van der Waals surface area contributed by atoms with Crippen molar-refractivity contribution in [3.05, 3.63) is 33.8 Å².